The van der Waals surface area contributed by atoms with E-state index in [1.54, 1.807) is 0 Å². The molecule has 0 aromatic carbocycles. The van der Waals surface area contributed by atoms with Crippen LogP contribution in [0.25, 0.3) is 0 Å². The summed E-state index contributed by atoms with van der Waals surface area (Å²) in [6.07, 6.45) is -0.0233. The largest absolute Gasteiger partial charge is 0.374 e. The van der Waals surface area contributed by atoms with E-state index in [1.165, 1.54) is 6.42 Å². The van der Waals surface area contributed by atoms with Gasteiger partial charge in [-0.1, -0.05) is 0 Å². The Morgan fingerprint density at radius 3 is 2.93 bits per heavy atom. The summed E-state index contributed by atoms with van der Waals surface area (Å²) >= 11 is 0. The monoisotopic (exact) mass is 222 g/mol. The van der Waals surface area contributed by atoms with Gasteiger partial charge in [0.05, 0.1) is 6.61 Å². The van der Waals surface area contributed by atoms with Crippen molar-refractivity contribution < 1.29 is 13.5 Å². The minimum absolute atomic E-state index is 0.391. The van der Waals surface area contributed by atoms with Gasteiger partial charge in [0.25, 0.3) is 6.43 Å². The number of alkyl halides is 2. The van der Waals surface area contributed by atoms with Crippen LogP contribution in [-0.2, 0) is 4.74 Å². The van der Waals surface area contributed by atoms with Crippen molar-refractivity contribution in [3.8, 4) is 0 Å². The molecule has 5 heteroatoms. The first-order valence-electron chi connectivity index (χ1n) is 5.50. The maximum atomic E-state index is 11.8. The summed E-state index contributed by atoms with van der Waals surface area (Å²) in [5.41, 5.74) is 5.60. The zero-order valence-electron chi connectivity index (χ0n) is 9.00. The van der Waals surface area contributed by atoms with Crippen molar-refractivity contribution in [2.75, 3.05) is 39.4 Å². The molecule has 0 aromatic heterocycles. The molecule has 1 heterocycles. The Balaban J connectivity index is 2.05. The minimum atomic E-state index is -2.36. The molecule has 90 valence electrons. The van der Waals surface area contributed by atoms with Gasteiger partial charge in [-0.25, -0.2) is 8.78 Å². The molecule has 1 atom stereocenters. The van der Waals surface area contributed by atoms with E-state index in [0.717, 1.165) is 26.1 Å². The van der Waals surface area contributed by atoms with Gasteiger partial charge in [-0.2, -0.15) is 0 Å². The second-order valence-corrected chi connectivity index (χ2v) is 4.01. The number of ether oxygens (including phenoxy) is 1. The van der Waals surface area contributed by atoms with Gasteiger partial charge in [0, 0.05) is 13.1 Å². The first kappa shape index (κ1) is 12.8. The number of likely N-dealkylation sites (tertiary alicyclic amines) is 1. The van der Waals surface area contributed by atoms with Gasteiger partial charge in [-0.05, 0) is 31.8 Å². The molecule has 1 rings (SSSR count). The van der Waals surface area contributed by atoms with E-state index in [1.807, 2.05) is 0 Å². The molecular formula is C10H20F2N2O. The molecule has 0 radical (unpaired) electrons. The predicted molar refractivity (Wildman–Crippen MR) is 55.0 cm³/mol. The van der Waals surface area contributed by atoms with E-state index in [4.69, 9.17) is 10.5 Å². The molecule has 0 aromatic rings. The third kappa shape index (κ3) is 5.39. The van der Waals surface area contributed by atoms with Crippen LogP contribution in [0.4, 0.5) is 8.78 Å². The first-order valence-corrected chi connectivity index (χ1v) is 5.50. The summed E-state index contributed by atoms with van der Waals surface area (Å²) in [6.45, 7) is 3.41. The van der Waals surface area contributed by atoms with Gasteiger partial charge in [0.1, 0.15) is 6.61 Å². The summed E-state index contributed by atoms with van der Waals surface area (Å²) in [4.78, 5) is 2.24. The molecule has 1 saturated heterocycles. The number of hydrogen-bond acceptors (Lipinski definition) is 3. The van der Waals surface area contributed by atoms with E-state index in [0.29, 0.717) is 19.1 Å². The number of halogens is 2. The highest BCUT2D eigenvalue weighted by atomic mass is 19.3. The number of piperidine rings is 1. The third-order valence-corrected chi connectivity index (χ3v) is 2.73. The smallest absolute Gasteiger partial charge is 0.261 e. The Kier molecular flexibility index (Phi) is 6.05. The Morgan fingerprint density at radius 2 is 2.27 bits per heavy atom. The molecule has 0 aliphatic carbocycles. The van der Waals surface area contributed by atoms with Gasteiger partial charge in [-0.3, -0.25) is 0 Å². The SMILES string of the molecule is NCC1CCCN(CCOCC(F)F)C1. The van der Waals surface area contributed by atoms with Crippen molar-refractivity contribution >= 4 is 0 Å². The number of nitrogens with zero attached hydrogens (tertiary/aromatic N) is 1. The summed E-state index contributed by atoms with van der Waals surface area (Å²) in [5.74, 6) is 0.564. The van der Waals surface area contributed by atoms with Crippen molar-refractivity contribution in [1.82, 2.24) is 4.90 Å². The Hall–Kier alpha value is -0.260. The molecule has 3 nitrogen and oxygen atoms in total. The van der Waals surface area contributed by atoms with Crippen LogP contribution in [-0.4, -0.2) is 50.7 Å². The van der Waals surface area contributed by atoms with Gasteiger partial charge in [-0.15, -0.1) is 0 Å². The van der Waals surface area contributed by atoms with Crippen molar-refractivity contribution in [1.29, 1.82) is 0 Å². The zero-order valence-corrected chi connectivity index (χ0v) is 9.00. The van der Waals surface area contributed by atoms with Crippen molar-refractivity contribution in [2.24, 2.45) is 11.7 Å². The fourth-order valence-electron chi connectivity index (χ4n) is 1.91. The highest BCUT2D eigenvalue weighted by Crippen LogP contribution is 2.14. The summed E-state index contributed by atoms with van der Waals surface area (Å²) in [7, 11) is 0. The van der Waals surface area contributed by atoms with Crippen LogP contribution in [0.5, 0.6) is 0 Å². The maximum absolute atomic E-state index is 11.8. The highest BCUT2D eigenvalue weighted by Gasteiger charge is 2.18. The van der Waals surface area contributed by atoms with E-state index in [2.05, 4.69) is 4.90 Å². The molecule has 2 N–H and O–H groups in total. The molecule has 1 fully saturated rings. The van der Waals surface area contributed by atoms with Gasteiger partial charge in [0.2, 0.25) is 0 Å². The molecular weight excluding hydrogens is 202 g/mol. The molecule has 0 saturated carbocycles. The lowest BCUT2D eigenvalue weighted by molar-refractivity contribution is 0.00639. The Morgan fingerprint density at radius 1 is 1.47 bits per heavy atom. The van der Waals surface area contributed by atoms with Crippen LogP contribution >= 0.6 is 0 Å². The van der Waals surface area contributed by atoms with Crippen LogP contribution < -0.4 is 5.73 Å². The lowest BCUT2D eigenvalue weighted by atomic mass is 9.98. The average Bonchev–Trinajstić information content (AvgIpc) is 2.24. The molecule has 15 heavy (non-hydrogen) atoms. The number of hydrogen-bond donors (Lipinski definition) is 1. The van der Waals surface area contributed by atoms with Gasteiger partial charge in [0.15, 0.2) is 0 Å². The highest BCUT2D eigenvalue weighted by molar-refractivity contribution is 4.73. The molecule has 1 aliphatic rings. The normalized spacial score (nSPS) is 23.6. The molecule has 0 amide bonds. The lowest BCUT2D eigenvalue weighted by Gasteiger charge is -2.31. The first-order chi connectivity index (χ1) is 7.22. The fraction of sp³-hybridized carbons (Fsp3) is 1.00. The standard InChI is InChI=1S/C10H20F2N2O/c11-10(12)8-15-5-4-14-3-1-2-9(6-13)7-14/h9-10H,1-8,13H2. The molecule has 1 unspecified atom stereocenters. The van der Waals surface area contributed by atoms with Crippen LogP contribution in [0, 0.1) is 5.92 Å². The van der Waals surface area contributed by atoms with Crippen LogP contribution in [0.15, 0.2) is 0 Å². The summed E-state index contributed by atoms with van der Waals surface area (Å²) < 4.78 is 28.4. The molecule has 0 spiro atoms. The van der Waals surface area contributed by atoms with E-state index < -0.39 is 13.0 Å². The van der Waals surface area contributed by atoms with Gasteiger partial charge >= 0.3 is 0 Å². The minimum Gasteiger partial charge on any atom is -0.374 e. The van der Waals surface area contributed by atoms with Crippen LogP contribution in [0.3, 0.4) is 0 Å². The van der Waals surface area contributed by atoms with E-state index >= 15 is 0 Å². The van der Waals surface area contributed by atoms with Gasteiger partial charge < -0.3 is 15.4 Å². The lowest BCUT2D eigenvalue weighted by Crippen LogP contribution is -2.40. The summed E-state index contributed by atoms with van der Waals surface area (Å²) in [5, 5.41) is 0. The quantitative estimate of drug-likeness (QED) is 0.680. The number of rotatable bonds is 6. The fourth-order valence-corrected chi connectivity index (χ4v) is 1.91. The number of nitrogens with two attached hydrogens (primary N) is 1. The molecule has 0 bridgehead atoms. The van der Waals surface area contributed by atoms with Crippen LogP contribution in [0.2, 0.25) is 0 Å². The topological polar surface area (TPSA) is 38.5 Å². The summed E-state index contributed by atoms with van der Waals surface area (Å²) in [6, 6.07) is 0. The Labute approximate surface area is 89.6 Å². The maximum Gasteiger partial charge on any atom is 0.261 e. The second kappa shape index (κ2) is 7.09. The third-order valence-electron chi connectivity index (χ3n) is 2.73. The average molecular weight is 222 g/mol. The van der Waals surface area contributed by atoms with Crippen molar-refractivity contribution in [3.05, 3.63) is 0 Å². The Bertz CT molecular complexity index is 170. The van der Waals surface area contributed by atoms with Crippen molar-refractivity contribution in [3.63, 3.8) is 0 Å². The van der Waals surface area contributed by atoms with E-state index in [9.17, 15) is 8.78 Å². The van der Waals surface area contributed by atoms with Crippen LogP contribution in [0.1, 0.15) is 12.8 Å². The van der Waals surface area contributed by atoms with Crippen molar-refractivity contribution in [2.45, 2.75) is 19.3 Å². The van der Waals surface area contributed by atoms with E-state index in [-0.39, 0.29) is 0 Å². The molecule has 1 aliphatic heterocycles. The second-order valence-electron chi connectivity index (χ2n) is 4.01. The zero-order chi connectivity index (χ0) is 11.1. The predicted octanol–water partition coefficient (Wildman–Crippen LogP) is 0.939.